The lowest BCUT2D eigenvalue weighted by molar-refractivity contribution is 0.0990. The van der Waals surface area contributed by atoms with Gasteiger partial charge in [0.15, 0.2) is 17.3 Å². The third kappa shape index (κ3) is 1.87. The predicted octanol–water partition coefficient (Wildman–Crippen LogP) is 1.56. The Morgan fingerprint density at radius 2 is 2.24 bits per heavy atom. The van der Waals surface area contributed by atoms with Crippen LogP contribution in [0.1, 0.15) is 16.2 Å². The number of hydrogen-bond acceptors (Lipinski definition) is 4. The molecule has 5 nitrogen and oxygen atoms in total. The van der Waals surface area contributed by atoms with Crippen LogP contribution in [0.15, 0.2) is 30.6 Å². The molecule has 0 aliphatic carbocycles. The van der Waals surface area contributed by atoms with Crippen molar-refractivity contribution < 1.29 is 14.3 Å². The average Bonchev–Trinajstić information content (AvgIpc) is 2.97. The Hall–Kier alpha value is -2.30. The normalized spacial score (nSPS) is 12.7. The van der Waals surface area contributed by atoms with Crippen LogP contribution >= 0.6 is 0 Å². The minimum atomic E-state index is -0.00162. The van der Waals surface area contributed by atoms with E-state index >= 15 is 0 Å². The molecule has 2 aromatic rings. The average molecular weight is 230 g/mol. The smallest absolute Gasteiger partial charge is 0.231 e. The third-order valence-corrected chi connectivity index (χ3v) is 2.58. The first-order valence-corrected chi connectivity index (χ1v) is 5.24. The highest BCUT2D eigenvalue weighted by atomic mass is 16.7. The minimum absolute atomic E-state index is 0.00162. The summed E-state index contributed by atoms with van der Waals surface area (Å²) < 4.78 is 10.4. The fraction of sp³-hybridized carbons (Fsp3) is 0.167. The van der Waals surface area contributed by atoms with Crippen molar-refractivity contribution in [1.29, 1.82) is 0 Å². The van der Waals surface area contributed by atoms with Crippen LogP contribution in [0.3, 0.4) is 0 Å². The number of nitrogens with one attached hydrogen (secondary N) is 1. The van der Waals surface area contributed by atoms with Crippen LogP contribution in [0.4, 0.5) is 0 Å². The quantitative estimate of drug-likeness (QED) is 0.813. The molecule has 0 amide bonds. The van der Waals surface area contributed by atoms with Crippen molar-refractivity contribution in [1.82, 2.24) is 9.97 Å². The van der Waals surface area contributed by atoms with Gasteiger partial charge in [0.05, 0.1) is 6.42 Å². The highest BCUT2D eigenvalue weighted by Gasteiger charge is 2.16. The molecule has 0 fully saturated rings. The van der Waals surface area contributed by atoms with Gasteiger partial charge >= 0.3 is 0 Å². The summed E-state index contributed by atoms with van der Waals surface area (Å²) in [4.78, 5) is 18.9. The van der Waals surface area contributed by atoms with Gasteiger partial charge in [-0.2, -0.15) is 0 Å². The molecule has 1 aliphatic heterocycles. The number of imidazole rings is 1. The van der Waals surface area contributed by atoms with Gasteiger partial charge in [0.1, 0.15) is 5.82 Å². The number of Topliss-reactive ketones (excluding diaryl/α,β-unsaturated/α-hetero) is 1. The Morgan fingerprint density at radius 3 is 3.06 bits per heavy atom. The molecule has 17 heavy (non-hydrogen) atoms. The Labute approximate surface area is 97.4 Å². The molecule has 5 heteroatoms. The van der Waals surface area contributed by atoms with E-state index in [4.69, 9.17) is 9.47 Å². The number of rotatable bonds is 3. The summed E-state index contributed by atoms with van der Waals surface area (Å²) >= 11 is 0. The number of benzene rings is 1. The lowest BCUT2D eigenvalue weighted by Gasteiger charge is -2.01. The van der Waals surface area contributed by atoms with Crippen molar-refractivity contribution in [3.05, 3.63) is 42.0 Å². The number of carbonyl (C=O) groups excluding carboxylic acids is 1. The van der Waals surface area contributed by atoms with E-state index in [0.29, 0.717) is 22.9 Å². The molecule has 1 N–H and O–H groups in total. The summed E-state index contributed by atoms with van der Waals surface area (Å²) in [7, 11) is 0. The van der Waals surface area contributed by atoms with Gasteiger partial charge in [-0.3, -0.25) is 4.79 Å². The number of fused-ring (bicyclic) bond motifs is 1. The number of nitrogens with zero attached hydrogens (tertiary/aromatic N) is 1. The monoisotopic (exact) mass is 230 g/mol. The molecule has 1 aromatic carbocycles. The molecule has 0 spiro atoms. The van der Waals surface area contributed by atoms with E-state index in [-0.39, 0.29) is 19.0 Å². The molecule has 0 unspecified atom stereocenters. The van der Waals surface area contributed by atoms with E-state index in [2.05, 4.69) is 9.97 Å². The maximum atomic E-state index is 12.0. The summed E-state index contributed by atoms with van der Waals surface area (Å²) in [6.07, 6.45) is 3.58. The fourth-order valence-electron chi connectivity index (χ4n) is 1.72. The number of ketones is 1. The van der Waals surface area contributed by atoms with Gasteiger partial charge in [-0.05, 0) is 18.2 Å². The van der Waals surface area contributed by atoms with Crippen molar-refractivity contribution in [3.8, 4) is 11.5 Å². The van der Waals surface area contributed by atoms with Crippen LogP contribution in [-0.4, -0.2) is 22.5 Å². The van der Waals surface area contributed by atoms with Crippen molar-refractivity contribution in [3.63, 3.8) is 0 Å². The molecule has 86 valence electrons. The molecule has 0 saturated carbocycles. The number of aromatic amines is 1. The first kappa shape index (κ1) is 9.89. The molecular weight excluding hydrogens is 220 g/mol. The molecule has 0 saturated heterocycles. The number of H-pyrrole nitrogens is 1. The maximum Gasteiger partial charge on any atom is 0.231 e. The predicted molar refractivity (Wildman–Crippen MR) is 59.2 cm³/mol. The van der Waals surface area contributed by atoms with Gasteiger partial charge in [0, 0.05) is 18.0 Å². The van der Waals surface area contributed by atoms with E-state index in [1.54, 1.807) is 30.6 Å². The molecule has 2 heterocycles. The lowest BCUT2D eigenvalue weighted by atomic mass is 10.1. The maximum absolute atomic E-state index is 12.0. The third-order valence-electron chi connectivity index (χ3n) is 2.58. The zero-order chi connectivity index (χ0) is 11.7. The molecule has 1 aliphatic rings. The summed E-state index contributed by atoms with van der Waals surface area (Å²) in [6.45, 7) is 0.213. The van der Waals surface area contributed by atoms with Crippen molar-refractivity contribution >= 4 is 5.78 Å². The highest BCUT2D eigenvalue weighted by molar-refractivity contribution is 5.97. The van der Waals surface area contributed by atoms with E-state index in [1.807, 2.05) is 0 Å². The summed E-state index contributed by atoms with van der Waals surface area (Å²) in [5.41, 5.74) is 0.602. The Bertz CT molecular complexity index is 549. The van der Waals surface area contributed by atoms with Gasteiger partial charge in [-0.1, -0.05) is 0 Å². The van der Waals surface area contributed by atoms with E-state index in [1.165, 1.54) is 0 Å². The van der Waals surface area contributed by atoms with Gasteiger partial charge in [0.25, 0.3) is 0 Å². The second kappa shape index (κ2) is 3.93. The van der Waals surface area contributed by atoms with Crippen molar-refractivity contribution in [2.75, 3.05) is 6.79 Å². The van der Waals surface area contributed by atoms with Crippen molar-refractivity contribution in [2.24, 2.45) is 0 Å². The zero-order valence-corrected chi connectivity index (χ0v) is 8.97. The fourth-order valence-corrected chi connectivity index (χ4v) is 1.72. The molecule has 0 radical (unpaired) electrons. The van der Waals surface area contributed by atoms with Crippen LogP contribution in [0.2, 0.25) is 0 Å². The molecule has 0 bridgehead atoms. The molecular formula is C12H10N2O3. The SMILES string of the molecule is O=C(Cc1ncc[nH]1)c1ccc2c(c1)OCO2. The molecule has 1 aromatic heterocycles. The van der Waals surface area contributed by atoms with Gasteiger partial charge in [0.2, 0.25) is 6.79 Å². The van der Waals surface area contributed by atoms with Crippen molar-refractivity contribution in [2.45, 2.75) is 6.42 Å². The van der Waals surface area contributed by atoms with Gasteiger partial charge in [-0.25, -0.2) is 4.98 Å². The zero-order valence-electron chi connectivity index (χ0n) is 8.97. The number of carbonyl (C=O) groups is 1. The highest BCUT2D eigenvalue weighted by Crippen LogP contribution is 2.32. The summed E-state index contributed by atoms with van der Waals surface area (Å²) in [6, 6.07) is 5.18. The first-order valence-electron chi connectivity index (χ1n) is 5.24. The second-order valence-electron chi connectivity index (χ2n) is 3.70. The van der Waals surface area contributed by atoms with Crippen LogP contribution in [-0.2, 0) is 6.42 Å². The minimum Gasteiger partial charge on any atom is -0.454 e. The van der Waals surface area contributed by atoms with E-state index in [9.17, 15) is 4.79 Å². The Morgan fingerprint density at radius 1 is 1.35 bits per heavy atom. The number of ether oxygens (including phenoxy) is 2. The summed E-state index contributed by atoms with van der Waals surface area (Å²) in [5.74, 6) is 1.96. The van der Waals surface area contributed by atoms with Gasteiger partial charge < -0.3 is 14.5 Å². The molecule has 0 atom stereocenters. The van der Waals surface area contributed by atoms with Crippen LogP contribution in [0, 0.1) is 0 Å². The lowest BCUT2D eigenvalue weighted by Crippen LogP contribution is -2.04. The van der Waals surface area contributed by atoms with Crippen LogP contribution < -0.4 is 9.47 Å². The Kier molecular flexibility index (Phi) is 2.29. The Balaban J connectivity index is 1.82. The summed E-state index contributed by atoms with van der Waals surface area (Å²) in [5, 5.41) is 0. The second-order valence-corrected chi connectivity index (χ2v) is 3.70. The number of aromatic nitrogens is 2. The van der Waals surface area contributed by atoms with Crippen LogP contribution in [0.25, 0.3) is 0 Å². The van der Waals surface area contributed by atoms with Gasteiger partial charge in [-0.15, -0.1) is 0 Å². The van der Waals surface area contributed by atoms with Crippen LogP contribution in [0.5, 0.6) is 11.5 Å². The number of hydrogen-bond donors (Lipinski definition) is 1. The van der Waals surface area contributed by atoms with E-state index < -0.39 is 0 Å². The topological polar surface area (TPSA) is 64.2 Å². The standard InChI is InChI=1S/C12H10N2O3/c15-9(6-12-13-3-4-14-12)8-1-2-10-11(5-8)17-7-16-10/h1-5H,6-7H2,(H,13,14). The molecule has 3 rings (SSSR count). The first-order chi connectivity index (χ1) is 8.33. The van der Waals surface area contributed by atoms with E-state index in [0.717, 1.165) is 0 Å². The largest absolute Gasteiger partial charge is 0.454 e.